The normalized spacial score (nSPS) is 17.6. The third-order valence-corrected chi connectivity index (χ3v) is 5.57. The van der Waals surface area contributed by atoms with Crippen molar-refractivity contribution in [2.24, 2.45) is 0 Å². The highest BCUT2D eigenvalue weighted by molar-refractivity contribution is 9.09. The Bertz CT molecular complexity index is 842. The van der Waals surface area contributed by atoms with Crippen LogP contribution in [0, 0.1) is 0 Å². The van der Waals surface area contributed by atoms with E-state index in [1.807, 2.05) is 30.3 Å². The number of alkyl halides is 1. The number of nitrogens with zero attached hydrogens (tertiary/aromatic N) is 1. The van der Waals surface area contributed by atoms with E-state index in [-0.39, 0.29) is 17.8 Å². The fraction of sp³-hybridized carbons (Fsp3) is 0.565. The lowest BCUT2D eigenvalue weighted by Gasteiger charge is -2.28. The van der Waals surface area contributed by atoms with Crippen LogP contribution in [0.15, 0.2) is 30.3 Å². The standard InChI is InChI=1S/C23H32BrN3O6/c1-15(25-22(31)33-23(2,3)4)19(28)26-17(13-24)20(29)27-12-8-11-18(27)21(30)32-14-16-9-6-5-7-10-16/h5-7,9-10,15,17-18H,8,11-14H2,1-4H3,(H,25,31)(H,26,28)/t15-,17-,18-/m0/s1. The van der Waals surface area contributed by atoms with Crippen LogP contribution in [0.3, 0.4) is 0 Å². The highest BCUT2D eigenvalue weighted by Gasteiger charge is 2.38. The molecule has 0 aliphatic carbocycles. The van der Waals surface area contributed by atoms with Gasteiger partial charge in [0.25, 0.3) is 0 Å². The van der Waals surface area contributed by atoms with Crippen LogP contribution in [0.2, 0.25) is 0 Å². The maximum atomic E-state index is 13.1. The molecule has 3 atom stereocenters. The van der Waals surface area contributed by atoms with Crippen molar-refractivity contribution in [1.29, 1.82) is 0 Å². The molecule has 182 valence electrons. The van der Waals surface area contributed by atoms with Crippen LogP contribution in [-0.2, 0) is 30.5 Å². The number of halogens is 1. The molecule has 1 saturated heterocycles. The molecule has 0 spiro atoms. The number of likely N-dealkylation sites (tertiary alicyclic amines) is 1. The van der Waals surface area contributed by atoms with Crippen molar-refractivity contribution >= 4 is 39.8 Å². The fourth-order valence-corrected chi connectivity index (χ4v) is 3.75. The summed E-state index contributed by atoms with van der Waals surface area (Å²) in [5.41, 5.74) is 0.160. The average molecular weight is 526 g/mol. The van der Waals surface area contributed by atoms with Crippen molar-refractivity contribution in [3.05, 3.63) is 35.9 Å². The zero-order valence-electron chi connectivity index (χ0n) is 19.4. The Kier molecular flexibility index (Phi) is 9.70. The average Bonchev–Trinajstić information content (AvgIpc) is 3.24. The monoisotopic (exact) mass is 525 g/mol. The van der Waals surface area contributed by atoms with Gasteiger partial charge < -0.3 is 25.0 Å². The summed E-state index contributed by atoms with van der Waals surface area (Å²) in [6.07, 6.45) is 0.433. The Morgan fingerprint density at radius 3 is 2.42 bits per heavy atom. The van der Waals surface area contributed by atoms with Crippen molar-refractivity contribution in [2.75, 3.05) is 11.9 Å². The Labute approximate surface area is 202 Å². The van der Waals surface area contributed by atoms with E-state index >= 15 is 0 Å². The quantitative estimate of drug-likeness (QED) is 0.398. The largest absolute Gasteiger partial charge is 0.459 e. The highest BCUT2D eigenvalue weighted by Crippen LogP contribution is 2.21. The number of amides is 3. The molecule has 2 rings (SSSR count). The first-order chi connectivity index (χ1) is 15.5. The summed E-state index contributed by atoms with van der Waals surface area (Å²) in [7, 11) is 0. The molecule has 0 bridgehead atoms. The molecule has 10 heteroatoms. The van der Waals surface area contributed by atoms with Crippen LogP contribution in [0.5, 0.6) is 0 Å². The molecular weight excluding hydrogens is 494 g/mol. The summed E-state index contributed by atoms with van der Waals surface area (Å²) in [5, 5.41) is 5.23. The number of carbonyl (C=O) groups is 4. The molecule has 0 unspecified atom stereocenters. The van der Waals surface area contributed by atoms with Gasteiger partial charge in [0, 0.05) is 11.9 Å². The maximum Gasteiger partial charge on any atom is 0.408 e. The minimum Gasteiger partial charge on any atom is -0.459 e. The number of carbonyl (C=O) groups excluding carboxylic acids is 4. The van der Waals surface area contributed by atoms with Gasteiger partial charge in [-0.15, -0.1) is 0 Å². The SMILES string of the molecule is C[C@H](NC(=O)OC(C)(C)C)C(=O)N[C@@H](CBr)C(=O)N1CCC[C@H]1C(=O)OCc1ccccc1. The van der Waals surface area contributed by atoms with Crippen LogP contribution in [0.25, 0.3) is 0 Å². The van der Waals surface area contributed by atoms with Gasteiger partial charge in [-0.05, 0) is 46.1 Å². The second kappa shape index (κ2) is 12.0. The minimum absolute atomic E-state index is 0.130. The number of alkyl carbamates (subject to hydrolysis) is 1. The van der Waals surface area contributed by atoms with E-state index in [2.05, 4.69) is 26.6 Å². The van der Waals surface area contributed by atoms with Crippen molar-refractivity contribution < 1.29 is 28.7 Å². The van der Waals surface area contributed by atoms with Gasteiger partial charge in [0.05, 0.1) is 0 Å². The number of nitrogens with one attached hydrogen (secondary N) is 2. The van der Waals surface area contributed by atoms with E-state index in [0.29, 0.717) is 19.4 Å². The van der Waals surface area contributed by atoms with E-state index in [0.717, 1.165) is 5.56 Å². The van der Waals surface area contributed by atoms with Gasteiger partial charge in [-0.2, -0.15) is 0 Å². The summed E-state index contributed by atoms with van der Waals surface area (Å²) in [6, 6.07) is 6.79. The third-order valence-electron chi connectivity index (χ3n) is 4.93. The predicted molar refractivity (Wildman–Crippen MR) is 126 cm³/mol. The Morgan fingerprint density at radius 2 is 1.82 bits per heavy atom. The number of hydrogen-bond donors (Lipinski definition) is 2. The first-order valence-electron chi connectivity index (χ1n) is 10.9. The van der Waals surface area contributed by atoms with Gasteiger partial charge in [-0.3, -0.25) is 9.59 Å². The van der Waals surface area contributed by atoms with Gasteiger partial charge in [0.15, 0.2) is 0 Å². The first-order valence-corrected chi connectivity index (χ1v) is 12.0. The van der Waals surface area contributed by atoms with E-state index in [4.69, 9.17) is 9.47 Å². The molecule has 0 saturated carbocycles. The topological polar surface area (TPSA) is 114 Å². The molecule has 0 aromatic heterocycles. The Balaban J connectivity index is 1.93. The Morgan fingerprint density at radius 1 is 1.15 bits per heavy atom. The summed E-state index contributed by atoms with van der Waals surface area (Å²) >= 11 is 3.26. The molecule has 1 aliphatic heterocycles. The number of rotatable bonds is 8. The number of ether oxygens (including phenoxy) is 2. The molecule has 9 nitrogen and oxygen atoms in total. The highest BCUT2D eigenvalue weighted by atomic mass is 79.9. The molecule has 0 radical (unpaired) electrons. The molecule has 2 N–H and O–H groups in total. The van der Waals surface area contributed by atoms with E-state index < -0.39 is 41.7 Å². The lowest BCUT2D eigenvalue weighted by atomic mass is 10.2. The van der Waals surface area contributed by atoms with Gasteiger partial charge in [0.1, 0.15) is 30.3 Å². The maximum absolute atomic E-state index is 13.1. The minimum atomic E-state index is -0.917. The van der Waals surface area contributed by atoms with Crippen molar-refractivity contribution in [3.8, 4) is 0 Å². The van der Waals surface area contributed by atoms with Gasteiger partial charge in [-0.25, -0.2) is 9.59 Å². The third kappa shape index (κ3) is 8.34. The number of esters is 1. The summed E-state index contributed by atoms with van der Waals surface area (Å²) in [4.78, 5) is 51.6. The zero-order chi connectivity index (χ0) is 24.6. The van der Waals surface area contributed by atoms with E-state index in [9.17, 15) is 19.2 Å². The fourth-order valence-electron chi connectivity index (χ4n) is 3.31. The van der Waals surface area contributed by atoms with Crippen LogP contribution >= 0.6 is 15.9 Å². The predicted octanol–water partition coefficient (Wildman–Crippen LogP) is 2.51. The second-order valence-electron chi connectivity index (χ2n) is 8.87. The second-order valence-corrected chi connectivity index (χ2v) is 9.51. The van der Waals surface area contributed by atoms with Crippen LogP contribution < -0.4 is 10.6 Å². The molecule has 1 aromatic rings. The van der Waals surface area contributed by atoms with Crippen LogP contribution in [-0.4, -0.2) is 64.4 Å². The van der Waals surface area contributed by atoms with Crippen molar-refractivity contribution in [1.82, 2.24) is 15.5 Å². The first kappa shape index (κ1) is 26.6. The van der Waals surface area contributed by atoms with Crippen LogP contribution in [0.1, 0.15) is 46.1 Å². The molecule has 1 aromatic carbocycles. The molecule has 33 heavy (non-hydrogen) atoms. The van der Waals surface area contributed by atoms with Gasteiger partial charge in [-0.1, -0.05) is 46.3 Å². The van der Waals surface area contributed by atoms with Crippen molar-refractivity contribution in [2.45, 2.75) is 70.9 Å². The summed E-state index contributed by atoms with van der Waals surface area (Å²) < 4.78 is 10.6. The molecule has 3 amide bonds. The molecular formula is C23H32BrN3O6. The lowest BCUT2D eigenvalue weighted by molar-refractivity contribution is -0.155. The molecule has 1 heterocycles. The molecule has 1 fully saturated rings. The van der Waals surface area contributed by atoms with Crippen molar-refractivity contribution in [3.63, 3.8) is 0 Å². The number of benzene rings is 1. The van der Waals surface area contributed by atoms with E-state index in [1.165, 1.54) is 11.8 Å². The van der Waals surface area contributed by atoms with Crippen LogP contribution in [0.4, 0.5) is 4.79 Å². The van der Waals surface area contributed by atoms with E-state index in [1.54, 1.807) is 20.8 Å². The Hall–Kier alpha value is -2.62. The summed E-state index contributed by atoms with van der Waals surface area (Å²) in [5.74, 6) is -1.39. The zero-order valence-corrected chi connectivity index (χ0v) is 21.0. The van der Waals surface area contributed by atoms with Gasteiger partial charge >= 0.3 is 12.1 Å². The molecule has 1 aliphatic rings. The number of hydrogen-bond acceptors (Lipinski definition) is 6. The lowest BCUT2D eigenvalue weighted by Crippen LogP contribution is -2.56. The summed E-state index contributed by atoms with van der Waals surface area (Å²) in [6.45, 7) is 7.17. The van der Waals surface area contributed by atoms with Gasteiger partial charge in [0.2, 0.25) is 11.8 Å². The smallest absolute Gasteiger partial charge is 0.408 e.